The predicted octanol–water partition coefficient (Wildman–Crippen LogP) is 3.11. The molecule has 0 fully saturated rings. The SMILES string of the molecule is CCOC(=O)C(CC(=O)O)c1ccc(Cl)c(Cl)c1. The molecule has 0 aromatic heterocycles. The average molecular weight is 291 g/mol. The Hall–Kier alpha value is -1.26. The summed E-state index contributed by atoms with van der Waals surface area (Å²) in [6, 6.07) is 4.57. The van der Waals surface area contributed by atoms with Gasteiger partial charge in [-0.25, -0.2) is 0 Å². The number of halogens is 2. The van der Waals surface area contributed by atoms with Gasteiger partial charge in [0, 0.05) is 0 Å². The summed E-state index contributed by atoms with van der Waals surface area (Å²) in [7, 11) is 0. The fourth-order valence-corrected chi connectivity index (χ4v) is 1.79. The van der Waals surface area contributed by atoms with E-state index in [-0.39, 0.29) is 18.1 Å². The van der Waals surface area contributed by atoms with E-state index in [4.69, 9.17) is 33.0 Å². The Kier molecular flexibility index (Phi) is 5.44. The van der Waals surface area contributed by atoms with Gasteiger partial charge in [0.15, 0.2) is 0 Å². The van der Waals surface area contributed by atoms with Crippen molar-refractivity contribution in [3.8, 4) is 0 Å². The number of carboxylic acid groups (broad SMARTS) is 1. The zero-order valence-electron chi connectivity index (χ0n) is 9.65. The van der Waals surface area contributed by atoms with Gasteiger partial charge in [-0.3, -0.25) is 9.59 Å². The number of rotatable bonds is 5. The molecular formula is C12H12Cl2O4. The van der Waals surface area contributed by atoms with Crippen LogP contribution in [0, 0.1) is 0 Å². The number of benzene rings is 1. The Morgan fingerprint density at radius 1 is 1.33 bits per heavy atom. The van der Waals surface area contributed by atoms with E-state index in [2.05, 4.69) is 0 Å². The van der Waals surface area contributed by atoms with Gasteiger partial charge in [-0.15, -0.1) is 0 Å². The van der Waals surface area contributed by atoms with E-state index in [0.29, 0.717) is 10.6 Å². The van der Waals surface area contributed by atoms with Gasteiger partial charge in [-0.05, 0) is 24.6 Å². The van der Waals surface area contributed by atoms with Crippen LogP contribution in [0.2, 0.25) is 10.0 Å². The molecular weight excluding hydrogens is 279 g/mol. The summed E-state index contributed by atoms with van der Waals surface area (Å²) in [5.74, 6) is -2.55. The van der Waals surface area contributed by atoms with Crippen molar-refractivity contribution >= 4 is 35.1 Å². The van der Waals surface area contributed by atoms with Gasteiger partial charge in [-0.2, -0.15) is 0 Å². The molecule has 1 aromatic carbocycles. The Labute approximate surface area is 114 Å². The van der Waals surface area contributed by atoms with E-state index in [1.807, 2.05) is 0 Å². The van der Waals surface area contributed by atoms with Gasteiger partial charge in [0.05, 0.1) is 29.0 Å². The topological polar surface area (TPSA) is 63.6 Å². The van der Waals surface area contributed by atoms with Crippen molar-refractivity contribution < 1.29 is 19.4 Å². The maximum atomic E-state index is 11.7. The molecule has 4 nitrogen and oxygen atoms in total. The molecule has 98 valence electrons. The Balaban J connectivity index is 3.04. The number of carbonyl (C=O) groups is 2. The highest BCUT2D eigenvalue weighted by Crippen LogP contribution is 2.29. The minimum Gasteiger partial charge on any atom is -0.481 e. The van der Waals surface area contributed by atoms with Gasteiger partial charge < -0.3 is 9.84 Å². The molecule has 0 heterocycles. The van der Waals surface area contributed by atoms with Crippen molar-refractivity contribution in [2.75, 3.05) is 6.61 Å². The van der Waals surface area contributed by atoms with Crippen LogP contribution in [0.5, 0.6) is 0 Å². The lowest BCUT2D eigenvalue weighted by Crippen LogP contribution is -2.19. The van der Waals surface area contributed by atoms with E-state index >= 15 is 0 Å². The van der Waals surface area contributed by atoms with E-state index in [1.54, 1.807) is 13.0 Å². The molecule has 0 aliphatic rings. The summed E-state index contributed by atoms with van der Waals surface area (Å²) in [4.78, 5) is 22.5. The molecule has 6 heteroatoms. The van der Waals surface area contributed by atoms with Gasteiger partial charge in [0.2, 0.25) is 0 Å². The Bertz CT molecular complexity index is 459. The van der Waals surface area contributed by atoms with Gasteiger partial charge in [-0.1, -0.05) is 29.3 Å². The molecule has 0 saturated heterocycles. The van der Waals surface area contributed by atoms with Crippen LogP contribution in [0.1, 0.15) is 24.8 Å². The van der Waals surface area contributed by atoms with Gasteiger partial charge in [0.1, 0.15) is 0 Å². The first-order valence-corrected chi connectivity index (χ1v) is 6.04. The second-order valence-electron chi connectivity index (χ2n) is 3.58. The number of esters is 1. The van der Waals surface area contributed by atoms with Crippen LogP contribution in [0.25, 0.3) is 0 Å². The molecule has 0 radical (unpaired) electrons. The highest BCUT2D eigenvalue weighted by Gasteiger charge is 2.25. The molecule has 1 unspecified atom stereocenters. The first kappa shape index (κ1) is 14.8. The quantitative estimate of drug-likeness (QED) is 0.847. The number of ether oxygens (including phenoxy) is 1. The summed E-state index contributed by atoms with van der Waals surface area (Å²) < 4.78 is 4.85. The van der Waals surface area contributed by atoms with Crippen LogP contribution in [0.4, 0.5) is 0 Å². The highest BCUT2D eigenvalue weighted by molar-refractivity contribution is 6.42. The number of aliphatic carboxylic acids is 1. The first-order chi connectivity index (χ1) is 8.45. The number of hydrogen-bond acceptors (Lipinski definition) is 3. The Morgan fingerprint density at radius 3 is 2.50 bits per heavy atom. The smallest absolute Gasteiger partial charge is 0.313 e. The second kappa shape index (κ2) is 6.61. The summed E-state index contributed by atoms with van der Waals surface area (Å²) >= 11 is 11.6. The summed E-state index contributed by atoms with van der Waals surface area (Å²) in [5, 5.41) is 9.44. The van der Waals surface area contributed by atoms with Crippen LogP contribution in [0.15, 0.2) is 18.2 Å². The molecule has 0 saturated carbocycles. The van der Waals surface area contributed by atoms with E-state index in [0.717, 1.165) is 0 Å². The maximum absolute atomic E-state index is 11.7. The standard InChI is InChI=1S/C12H12Cl2O4/c1-2-18-12(17)8(6-11(15)16)7-3-4-9(13)10(14)5-7/h3-5,8H,2,6H2,1H3,(H,15,16). The van der Waals surface area contributed by atoms with Gasteiger partial charge >= 0.3 is 11.9 Å². The third kappa shape index (κ3) is 3.89. The normalized spacial score (nSPS) is 11.9. The number of hydrogen-bond donors (Lipinski definition) is 1. The van der Waals surface area contributed by atoms with Crippen molar-refractivity contribution in [1.29, 1.82) is 0 Å². The summed E-state index contributed by atoms with van der Waals surface area (Å²) in [6.07, 6.45) is -0.350. The lowest BCUT2D eigenvalue weighted by molar-refractivity contribution is -0.149. The molecule has 0 amide bonds. The van der Waals surface area contributed by atoms with Crippen molar-refractivity contribution in [3.05, 3.63) is 33.8 Å². The zero-order valence-corrected chi connectivity index (χ0v) is 11.2. The summed E-state index contributed by atoms with van der Waals surface area (Å²) in [6.45, 7) is 1.85. The minimum absolute atomic E-state index is 0.191. The number of carboxylic acids is 1. The minimum atomic E-state index is -1.08. The average Bonchev–Trinajstić information content (AvgIpc) is 2.30. The van der Waals surface area contributed by atoms with Crippen molar-refractivity contribution in [1.82, 2.24) is 0 Å². The largest absolute Gasteiger partial charge is 0.481 e. The fraction of sp³-hybridized carbons (Fsp3) is 0.333. The third-order valence-corrected chi connectivity index (χ3v) is 3.03. The third-order valence-electron chi connectivity index (χ3n) is 2.30. The second-order valence-corrected chi connectivity index (χ2v) is 4.39. The van der Waals surface area contributed by atoms with Crippen LogP contribution in [-0.2, 0) is 14.3 Å². The summed E-state index contributed by atoms with van der Waals surface area (Å²) in [5.41, 5.74) is 0.477. The molecule has 0 aliphatic carbocycles. The van der Waals surface area contributed by atoms with E-state index < -0.39 is 17.9 Å². The van der Waals surface area contributed by atoms with Crippen LogP contribution >= 0.6 is 23.2 Å². The van der Waals surface area contributed by atoms with Crippen LogP contribution in [0.3, 0.4) is 0 Å². The lowest BCUT2D eigenvalue weighted by Gasteiger charge is -2.14. The van der Waals surface area contributed by atoms with Crippen molar-refractivity contribution in [2.45, 2.75) is 19.3 Å². The molecule has 1 rings (SSSR count). The zero-order chi connectivity index (χ0) is 13.7. The highest BCUT2D eigenvalue weighted by atomic mass is 35.5. The van der Waals surface area contributed by atoms with E-state index in [9.17, 15) is 9.59 Å². The van der Waals surface area contributed by atoms with Crippen LogP contribution < -0.4 is 0 Å². The number of carbonyl (C=O) groups excluding carboxylic acids is 1. The van der Waals surface area contributed by atoms with Crippen molar-refractivity contribution in [2.24, 2.45) is 0 Å². The lowest BCUT2D eigenvalue weighted by atomic mass is 9.96. The molecule has 18 heavy (non-hydrogen) atoms. The maximum Gasteiger partial charge on any atom is 0.313 e. The molecule has 1 aromatic rings. The monoisotopic (exact) mass is 290 g/mol. The molecule has 0 aliphatic heterocycles. The van der Waals surface area contributed by atoms with Gasteiger partial charge in [0.25, 0.3) is 0 Å². The first-order valence-electron chi connectivity index (χ1n) is 5.29. The Morgan fingerprint density at radius 2 is 2.00 bits per heavy atom. The molecule has 1 atom stereocenters. The molecule has 1 N–H and O–H groups in total. The predicted molar refractivity (Wildman–Crippen MR) is 68.1 cm³/mol. The van der Waals surface area contributed by atoms with Crippen LogP contribution in [-0.4, -0.2) is 23.7 Å². The van der Waals surface area contributed by atoms with E-state index in [1.165, 1.54) is 12.1 Å². The van der Waals surface area contributed by atoms with Crippen molar-refractivity contribution in [3.63, 3.8) is 0 Å². The molecule has 0 spiro atoms. The fourth-order valence-electron chi connectivity index (χ4n) is 1.48. The molecule has 0 bridgehead atoms.